The number of ketones is 1. The van der Waals surface area contributed by atoms with E-state index < -0.39 is 30.2 Å². The Morgan fingerprint density at radius 3 is 2.31 bits per heavy atom. The molecule has 0 aromatic heterocycles. The molecule has 3 aromatic carbocycles. The van der Waals surface area contributed by atoms with Gasteiger partial charge in [-0.25, -0.2) is 4.79 Å². The Kier molecular flexibility index (Phi) is 7.44. The van der Waals surface area contributed by atoms with Crippen LogP contribution >= 0.6 is 0 Å². The fourth-order valence-electron chi connectivity index (χ4n) is 3.80. The fraction of sp³-hybridized carbons (Fsp3) is 0.214. The van der Waals surface area contributed by atoms with Crippen LogP contribution in [0.5, 0.6) is 11.5 Å². The van der Waals surface area contributed by atoms with Crippen molar-refractivity contribution in [2.75, 3.05) is 25.2 Å². The maximum absolute atomic E-state index is 12.5. The minimum Gasteiger partial charge on any atom is -0.497 e. The first-order valence-electron chi connectivity index (χ1n) is 11.4. The molecule has 3 aromatic rings. The predicted molar refractivity (Wildman–Crippen MR) is 131 cm³/mol. The SMILES string of the molecule is COc1cccc(N2C[C@@H](C(=O)OCC(=O)c3ccc(OC(=O)c4ccc(C)cc4)cc3)CC2=O)c1. The minimum absolute atomic E-state index is 0.00524. The molecule has 1 atom stereocenters. The Hall–Kier alpha value is -4.46. The van der Waals surface area contributed by atoms with Crippen molar-refractivity contribution in [3.63, 3.8) is 0 Å². The first-order chi connectivity index (χ1) is 17.3. The normalized spacial score (nSPS) is 14.9. The highest BCUT2D eigenvalue weighted by atomic mass is 16.5. The molecule has 0 saturated carbocycles. The van der Waals surface area contributed by atoms with E-state index in [2.05, 4.69) is 0 Å². The van der Waals surface area contributed by atoms with E-state index >= 15 is 0 Å². The van der Waals surface area contributed by atoms with Gasteiger partial charge in [0.15, 0.2) is 12.4 Å². The summed E-state index contributed by atoms with van der Waals surface area (Å²) in [6, 6.07) is 20.0. The Morgan fingerprint density at radius 2 is 1.61 bits per heavy atom. The van der Waals surface area contributed by atoms with Crippen LogP contribution < -0.4 is 14.4 Å². The molecule has 0 radical (unpaired) electrons. The monoisotopic (exact) mass is 487 g/mol. The van der Waals surface area contributed by atoms with Gasteiger partial charge in [-0.05, 0) is 55.5 Å². The van der Waals surface area contributed by atoms with Crippen LogP contribution in [0, 0.1) is 12.8 Å². The van der Waals surface area contributed by atoms with E-state index in [1.807, 2.05) is 19.1 Å². The zero-order chi connectivity index (χ0) is 25.7. The summed E-state index contributed by atoms with van der Waals surface area (Å²) in [5, 5.41) is 0. The van der Waals surface area contributed by atoms with Crippen molar-refractivity contribution in [1.82, 2.24) is 0 Å². The lowest BCUT2D eigenvalue weighted by Gasteiger charge is -2.17. The number of benzene rings is 3. The molecular formula is C28H25NO7. The summed E-state index contributed by atoms with van der Waals surface area (Å²) in [5.41, 5.74) is 2.39. The van der Waals surface area contributed by atoms with Gasteiger partial charge in [-0.3, -0.25) is 14.4 Å². The third-order valence-corrected chi connectivity index (χ3v) is 5.84. The molecule has 0 aliphatic carbocycles. The fourth-order valence-corrected chi connectivity index (χ4v) is 3.80. The van der Waals surface area contributed by atoms with E-state index in [4.69, 9.17) is 14.2 Å². The molecule has 4 rings (SSSR count). The number of rotatable bonds is 8. The Morgan fingerprint density at radius 1 is 0.917 bits per heavy atom. The Bertz CT molecular complexity index is 1280. The number of esters is 2. The zero-order valence-corrected chi connectivity index (χ0v) is 19.9. The maximum atomic E-state index is 12.5. The molecule has 1 heterocycles. The predicted octanol–water partition coefficient (Wildman–Crippen LogP) is 4.00. The van der Waals surface area contributed by atoms with Crippen molar-refractivity contribution >= 4 is 29.3 Å². The number of hydrogen-bond acceptors (Lipinski definition) is 7. The number of Topliss-reactive ketones (excluding diaryl/α,β-unsaturated/α-hetero) is 1. The highest BCUT2D eigenvalue weighted by molar-refractivity contribution is 6.01. The van der Waals surface area contributed by atoms with Gasteiger partial charge in [0, 0.05) is 30.3 Å². The van der Waals surface area contributed by atoms with Crippen molar-refractivity contribution in [2.45, 2.75) is 13.3 Å². The third-order valence-electron chi connectivity index (χ3n) is 5.84. The number of aryl methyl sites for hydroxylation is 1. The molecule has 1 aliphatic rings. The Balaban J connectivity index is 1.29. The number of carbonyl (C=O) groups is 4. The van der Waals surface area contributed by atoms with Gasteiger partial charge < -0.3 is 19.1 Å². The topological polar surface area (TPSA) is 99.2 Å². The smallest absolute Gasteiger partial charge is 0.343 e. The standard InChI is InChI=1S/C28H25NO7/c1-18-6-8-20(9-7-18)28(33)36-23-12-10-19(11-13-23)25(30)17-35-27(32)21-14-26(31)29(16-21)22-4-3-5-24(15-22)34-2/h3-13,15,21H,14,16-17H2,1-2H3/t21-/m0/s1. The summed E-state index contributed by atoms with van der Waals surface area (Å²) in [5.74, 6) is -1.49. The lowest BCUT2D eigenvalue weighted by molar-refractivity contribution is -0.147. The number of carbonyl (C=O) groups excluding carboxylic acids is 4. The molecule has 1 saturated heterocycles. The van der Waals surface area contributed by atoms with Crippen molar-refractivity contribution in [3.8, 4) is 11.5 Å². The summed E-state index contributed by atoms with van der Waals surface area (Å²) in [6.45, 7) is 1.64. The molecular weight excluding hydrogens is 462 g/mol. The molecule has 8 heteroatoms. The molecule has 1 fully saturated rings. The highest BCUT2D eigenvalue weighted by Gasteiger charge is 2.36. The average molecular weight is 488 g/mol. The van der Waals surface area contributed by atoms with Gasteiger partial charge in [-0.15, -0.1) is 0 Å². The van der Waals surface area contributed by atoms with Crippen molar-refractivity contribution in [1.29, 1.82) is 0 Å². The molecule has 0 bridgehead atoms. The van der Waals surface area contributed by atoms with Gasteiger partial charge in [-0.2, -0.15) is 0 Å². The summed E-state index contributed by atoms with van der Waals surface area (Å²) < 4.78 is 15.7. The van der Waals surface area contributed by atoms with Crippen LogP contribution in [0.25, 0.3) is 0 Å². The van der Waals surface area contributed by atoms with E-state index in [-0.39, 0.29) is 24.6 Å². The van der Waals surface area contributed by atoms with Crippen LogP contribution in [-0.2, 0) is 14.3 Å². The van der Waals surface area contributed by atoms with Crippen molar-refractivity contribution in [3.05, 3.63) is 89.5 Å². The molecule has 1 amide bonds. The van der Waals surface area contributed by atoms with Gasteiger partial charge in [0.05, 0.1) is 18.6 Å². The van der Waals surface area contributed by atoms with Crippen LogP contribution in [0.2, 0.25) is 0 Å². The number of hydrogen-bond donors (Lipinski definition) is 0. The Labute approximate surface area is 208 Å². The number of nitrogens with zero attached hydrogens (tertiary/aromatic N) is 1. The number of anilines is 1. The van der Waals surface area contributed by atoms with Crippen LogP contribution in [0.4, 0.5) is 5.69 Å². The lowest BCUT2D eigenvalue weighted by Crippen LogP contribution is -2.27. The summed E-state index contributed by atoms with van der Waals surface area (Å²) in [7, 11) is 1.54. The first-order valence-corrected chi connectivity index (χ1v) is 11.4. The molecule has 1 aliphatic heterocycles. The second-order valence-electron chi connectivity index (χ2n) is 8.42. The van der Waals surface area contributed by atoms with Crippen LogP contribution in [0.1, 0.15) is 32.7 Å². The van der Waals surface area contributed by atoms with E-state index in [0.29, 0.717) is 22.6 Å². The second kappa shape index (κ2) is 10.9. The third kappa shape index (κ3) is 5.78. The van der Waals surface area contributed by atoms with E-state index in [9.17, 15) is 19.2 Å². The largest absolute Gasteiger partial charge is 0.497 e. The van der Waals surface area contributed by atoms with Crippen molar-refractivity contribution in [2.24, 2.45) is 5.92 Å². The van der Waals surface area contributed by atoms with Crippen LogP contribution in [0.3, 0.4) is 0 Å². The van der Waals surface area contributed by atoms with Gasteiger partial charge in [0.1, 0.15) is 11.5 Å². The van der Waals surface area contributed by atoms with Crippen LogP contribution in [0.15, 0.2) is 72.8 Å². The number of amides is 1. The van der Waals surface area contributed by atoms with Crippen LogP contribution in [-0.4, -0.2) is 43.9 Å². The summed E-state index contributed by atoms with van der Waals surface area (Å²) in [4.78, 5) is 51.2. The molecule has 184 valence electrons. The highest BCUT2D eigenvalue weighted by Crippen LogP contribution is 2.28. The zero-order valence-electron chi connectivity index (χ0n) is 19.9. The van der Waals surface area contributed by atoms with Gasteiger partial charge >= 0.3 is 11.9 Å². The minimum atomic E-state index is -0.667. The van der Waals surface area contributed by atoms with Gasteiger partial charge in [-0.1, -0.05) is 23.8 Å². The summed E-state index contributed by atoms with van der Waals surface area (Å²) in [6.07, 6.45) is 0.00524. The summed E-state index contributed by atoms with van der Waals surface area (Å²) >= 11 is 0. The van der Waals surface area contributed by atoms with E-state index in [0.717, 1.165) is 5.56 Å². The van der Waals surface area contributed by atoms with Gasteiger partial charge in [0.2, 0.25) is 5.91 Å². The molecule has 36 heavy (non-hydrogen) atoms. The average Bonchev–Trinajstić information content (AvgIpc) is 3.29. The second-order valence-corrected chi connectivity index (χ2v) is 8.42. The quantitative estimate of drug-likeness (QED) is 0.269. The lowest BCUT2D eigenvalue weighted by atomic mass is 10.1. The molecule has 8 nitrogen and oxygen atoms in total. The van der Waals surface area contributed by atoms with E-state index in [1.54, 1.807) is 36.4 Å². The molecule has 0 N–H and O–H groups in total. The van der Waals surface area contributed by atoms with E-state index in [1.165, 1.54) is 36.3 Å². The van der Waals surface area contributed by atoms with Crippen molar-refractivity contribution < 1.29 is 33.4 Å². The number of methoxy groups -OCH3 is 1. The number of ether oxygens (including phenoxy) is 3. The van der Waals surface area contributed by atoms with Gasteiger partial charge in [0.25, 0.3) is 0 Å². The molecule has 0 unspecified atom stereocenters. The molecule has 0 spiro atoms. The first kappa shape index (κ1) is 24.7. The maximum Gasteiger partial charge on any atom is 0.343 e.